The van der Waals surface area contributed by atoms with E-state index >= 15 is 0 Å². The number of carbonyl (C=O) groups is 2. The minimum atomic E-state index is -0.634. The first-order chi connectivity index (χ1) is 11.2. The fourth-order valence-corrected chi connectivity index (χ4v) is 3.20. The highest BCUT2D eigenvalue weighted by molar-refractivity contribution is 5.94. The minimum absolute atomic E-state index is 0.205. The van der Waals surface area contributed by atoms with Crippen LogP contribution in [-0.4, -0.2) is 47.5 Å². The molecule has 2 aliphatic rings. The summed E-state index contributed by atoms with van der Waals surface area (Å²) in [4.78, 5) is 26.2. The van der Waals surface area contributed by atoms with Crippen molar-refractivity contribution in [1.82, 2.24) is 4.90 Å². The maximum atomic E-state index is 12.5. The molecule has 0 aromatic carbocycles. The molecule has 0 aliphatic carbocycles. The van der Waals surface area contributed by atoms with Gasteiger partial charge in [-0.3, -0.25) is 4.79 Å². The quantitative estimate of drug-likeness (QED) is 0.783. The van der Waals surface area contributed by atoms with Crippen LogP contribution < -0.4 is 0 Å². The Hall–Kier alpha value is -1.14. The molecule has 0 spiro atoms. The van der Waals surface area contributed by atoms with Crippen LogP contribution in [0.5, 0.6) is 0 Å². The molecule has 2 fully saturated rings. The Labute approximate surface area is 144 Å². The van der Waals surface area contributed by atoms with E-state index in [0.717, 1.165) is 19.3 Å². The second-order valence-electron chi connectivity index (χ2n) is 8.12. The van der Waals surface area contributed by atoms with E-state index < -0.39 is 11.7 Å². The normalized spacial score (nSPS) is 28.5. The van der Waals surface area contributed by atoms with E-state index in [1.165, 1.54) is 4.90 Å². The molecule has 0 aromatic heterocycles. The van der Waals surface area contributed by atoms with Crippen LogP contribution in [0.2, 0.25) is 0 Å². The van der Waals surface area contributed by atoms with Crippen molar-refractivity contribution < 1.29 is 23.8 Å². The number of rotatable bonds is 4. The lowest BCUT2D eigenvalue weighted by Crippen LogP contribution is -2.46. The predicted molar refractivity (Wildman–Crippen MR) is 89.4 cm³/mol. The Kier molecular flexibility index (Phi) is 6.26. The van der Waals surface area contributed by atoms with Gasteiger partial charge in [0.1, 0.15) is 5.60 Å². The van der Waals surface area contributed by atoms with Crippen molar-refractivity contribution in [3.05, 3.63) is 0 Å². The zero-order valence-electron chi connectivity index (χ0n) is 15.5. The number of amides is 2. The third kappa shape index (κ3) is 5.18. The Bertz CT molecular complexity index is 451. The van der Waals surface area contributed by atoms with Gasteiger partial charge in [-0.25, -0.2) is 9.69 Å². The molecule has 0 aromatic rings. The zero-order valence-corrected chi connectivity index (χ0v) is 15.5. The van der Waals surface area contributed by atoms with Gasteiger partial charge in [0.15, 0.2) is 6.29 Å². The third-order valence-corrected chi connectivity index (χ3v) is 4.17. The lowest BCUT2D eigenvalue weighted by molar-refractivity contribution is -0.192. The summed E-state index contributed by atoms with van der Waals surface area (Å²) in [5.41, 5.74) is -0.634. The van der Waals surface area contributed by atoms with Crippen LogP contribution in [0.4, 0.5) is 4.79 Å². The lowest BCUT2D eigenvalue weighted by Gasteiger charge is -2.32. The van der Waals surface area contributed by atoms with Crippen LogP contribution >= 0.6 is 0 Å². The van der Waals surface area contributed by atoms with E-state index in [0.29, 0.717) is 18.9 Å². The average Bonchev–Trinajstić information content (AvgIpc) is 2.73. The highest BCUT2D eigenvalue weighted by Gasteiger charge is 2.46. The number of nitrogens with zero attached hydrogens (tertiary/aromatic N) is 1. The first kappa shape index (κ1) is 19.2. The molecule has 0 radical (unpaired) electrons. The topological polar surface area (TPSA) is 65.1 Å². The number of hydrogen-bond acceptors (Lipinski definition) is 5. The van der Waals surface area contributed by atoms with Gasteiger partial charge in [0, 0.05) is 6.61 Å². The molecule has 3 atom stereocenters. The summed E-state index contributed by atoms with van der Waals surface area (Å²) in [5, 5.41) is 0. The van der Waals surface area contributed by atoms with Gasteiger partial charge < -0.3 is 14.2 Å². The van der Waals surface area contributed by atoms with Crippen molar-refractivity contribution in [2.24, 2.45) is 5.92 Å². The van der Waals surface area contributed by atoms with Gasteiger partial charge in [-0.1, -0.05) is 13.8 Å². The first-order valence-corrected chi connectivity index (χ1v) is 8.99. The molecule has 0 saturated carbocycles. The van der Waals surface area contributed by atoms with Crippen LogP contribution in [0.15, 0.2) is 0 Å². The highest BCUT2D eigenvalue weighted by Crippen LogP contribution is 2.31. The van der Waals surface area contributed by atoms with Gasteiger partial charge in [0.25, 0.3) is 0 Å². The summed E-state index contributed by atoms with van der Waals surface area (Å²) in [6.07, 6.45) is 2.68. The van der Waals surface area contributed by atoms with E-state index in [9.17, 15) is 9.59 Å². The largest absolute Gasteiger partial charge is 0.443 e. The fraction of sp³-hybridized carbons (Fsp3) is 0.889. The van der Waals surface area contributed by atoms with Crippen LogP contribution in [0.1, 0.15) is 66.7 Å². The van der Waals surface area contributed by atoms with E-state index in [4.69, 9.17) is 14.2 Å². The molecule has 6 heteroatoms. The van der Waals surface area contributed by atoms with Crippen molar-refractivity contribution in [2.45, 2.75) is 90.8 Å². The fourth-order valence-electron chi connectivity index (χ4n) is 3.20. The van der Waals surface area contributed by atoms with Crippen LogP contribution in [0.3, 0.4) is 0 Å². The number of imide groups is 1. The Balaban J connectivity index is 2.10. The van der Waals surface area contributed by atoms with Crippen molar-refractivity contribution >= 4 is 12.0 Å². The SMILES string of the molecule is CC(C)C[C@H]1[C@@H](OC2CCCCO2)CC(=O)N1C(=O)OC(C)(C)C. The smallest absolute Gasteiger partial charge is 0.417 e. The maximum absolute atomic E-state index is 12.5. The second-order valence-corrected chi connectivity index (χ2v) is 8.12. The summed E-state index contributed by atoms with van der Waals surface area (Å²) < 4.78 is 17.1. The zero-order chi connectivity index (χ0) is 17.9. The average molecular weight is 341 g/mol. The third-order valence-electron chi connectivity index (χ3n) is 4.17. The van der Waals surface area contributed by atoms with Crippen LogP contribution in [0.25, 0.3) is 0 Å². The van der Waals surface area contributed by atoms with Crippen molar-refractivity contribution in [3.63, 3.8) is 0 Å². The molecule has 0 bridgehead atoms. The van der Waals surface area contributed by atoms with Crippen molar-refractivity contribution in [2.75, 3.05) is 6.61 Å². The summed E-state index contributed by atoms with van der Waals surface area (Å²) in [6, 6.07) is -0.294. The lowest BCUT2D eigenvalue weighted by atomic mass is 10.00. The molecule has 138 valence electrons. The first-order valence-electron chi connectivity index (χ1n) is 8.99. The number of hydrogen-bond donors (Lipinski definition) is 0. The Morgan fingerprint density at radius 2 is 2.04 bits per heavy atom. The van der Waals surface area contributed by atoms with Crippen molar-refractivity contribution in [3.8, 4) is 0 Å². The number of ether oxygens (including phenoxy) is 3. The maximum Gasteiger partial charge on any atom is 0.417 e. The molecule has 2 saturated heterocycles. The van der Waals surface area contributed by atoms with Gasteiger partial charge in [-0.15, -0.1) is 0 Å². The molecule has 2 aliphatic heterocycles. The molecule has 0 N–H and O–H groups in total. The molecule has 2 amide bonds. The molecule has 24 heavy (non-hydrogen) atoms. The van der Waals surface area contributed by atoms with Gasteiger partial charge >= 0.3 is 6.09 Å². The summed E-state index contributed by atoms with van der Waals surface area (Å²) in [5.74, 6) is 0.111. The van der Waals surface area contributed by atoms with E-state index in [2.05, 4.69) is 13.8 Å². The molecular formula is C18H31NO5. The Morgan fingerprint density at radius 3 is 2.58 bits per heavy atom. The number of carbonyl (C=O) groups excluding carboxylic acids is 2. The minimum Gasteiger partial charge on any atom is -0.443 e. The molecular weight excluding hydrogens is 310 g/mol. The summed E-state index contributed by atoms with van der Waals surface area (Å²) in [6.45, 7) is 10.2. The van der Waals surface area contributed by atoms with E-state index in [1.54, 1.807) is 20.8 Å². The molecule has 2 heterocycles. The highest BCUT2D eigenvalue weighted by atomic mass is 16.7. The predicted octanol–water partition coefficient (Wildman–Crippen LogP) is 3.48. The van der Waals surface area contributed by atoms with E-state index in [-0.39, 0.29) is 30.8 Å². The molecule has 2 rings (SSSR count). The van der Waals surface area contributed by atoms with Gasteiger partial charge in [-0.2, -0.15) is 0 Å². The number of likely N-dealkylation sites (tertiary alicyclic amines) is 1. The van der Waals surface area contributed by atoms with Crippen LogP contribution in [0, 0.1) is 5.92 Å². The van der Waals surface area contributed by atoms with Gasteiger partial charge in [-0.05, 0) is 52.4 Å². The summed E-state index contributed by atoms with van der Waals surface area (Å²) in [7, 11) is 0. The van der Waals surface area contributed by atoms with Crippen molar-refractivity contribution in [1.29, 1.82) is 0 Å². The Morgan fingerprint density at radius 1 is 1.33 bits per heavy atom. The standard InChI is InChI=1S/C18H31NO5/c1-12(2)10-13-14(23-16-8-6-7-9-22-16)11-15(20)19(13)17(21)24-18(3,4)5/h12-14,16H,6-11H2,1-5H3/t13-,14-,16?/m0/s1. The van der Waals surface area contributed by atoms with Crippen LogP contribution in [-0.2, 0) is 19.0 Å². The van der Waals surface area contributed by atoms with Gasteiger partial charge in [0.05, 0.1) is 18.6 Å². The molecule has 6 nitrogen and oxygen atoms in total. The second kappa shape index (κ2) is 7.83. The van der Waals surface area contributed by atoms with Gasteiger partial charge in [0.2, 0.25) is 5.91 Å². The molecule has 1 unspecified atom stereocenters. The monoisotopic (exact) mass is 341 g/mol. The van der Waals surface area contributed by atoms with E-state index in [1.807, 2.05) is 0 Å². The summed E-state index contributed by atoms with van der Waals surface area (Å²) >= 11 is 0.